The molecule has 7 heteroatoms. The molecule has 0 aliphatic heterocycles. The first-order chi connectivity index (χ1) is 12.6. The van der Waals surface area contributed by atoms with Gasteiger partial charge in [-0.1, -0.05) is 23.7 Å². The van der Waals surface area contributed by atoms with E-state index in [1.165, 1.54) is 0 Å². The van der Waals surface area contributed by atoms with Gasteiger partial charge in [-0.2, -0.15) is 0 Å². The fourth-order valence-corrected chi connectivity index (χ4v) is 2.32. The molecule has 0 radical (unpaired) electrons. The van der Waals surface area contributed by atoms with E-state index in [1.807, 2.05) is 39.0 Å². The summed E-state index contributed by atoms with van der Waals surface area (Å²) in [7, 11) is 0. The van der Waals surface area contributed by atoms with Gasteiger partial charge in [0.2, 0.25) is 5.88 Å². The van der Waals surface area contributed by atoms with Crippen LogP contribution in [0.15, 0.2) is 41.7 Å². The van der Waals surface area contributed by atoms with Crippen LogP contribution < -0.4 is 15.4 Å². The van der Waals surface area contributed by atoms with Crippen LogP contribution in [-0.2, 0) is 13.0 Å². The van der Waals surface area contributed by atoms with Gasteiger partial charge in [-0.05, 0) is 44.4 Å². The van der Waals surface area contributed by atoms with Crippen LogP contribution in [0.2, 0.25) is 5.15 Å². The summed E-state index contributed by atoms with van der Waals surface area (Å²) < 4.78 is 5.55. The number of hydrogen-bond donors (Lipinski definition) is 2. The maximum absolute atomic E-state index is 5.80. The number of rotatable bonds is 8. The minimum Gasteiger partial charge on any atom is -0.475 e. The molecule has 0 atom stereocenters. The van der Waals surface area contributed by atoms with Crippen molar-refractivity contribution < 1.29 is 4.74 Å². The molecule has 0 fully saturated rings. The van der Waals surface area contributed by atoms with E-state index in [0.29, 0.717) is 17.6 Å². The lowest BCUT2D eigenvalue weighted by Crippen LogP contribution is -2.38. The Hall–Kier alpha value is -2.34. The molecule has 26 heavy (non-hydrogen) atoms. The fourth-order valence-electron chi connectivity index (χ4n) is 2.21. The Morgan fingerprint density at radius 3 is 2.50 bits per heavy atom. The van der Waals surface area contributed by atoms with E-state index in [1.54, 1.807) is 18.5 Å². The Kier molecular flexibility index (Phi) is 8.15. The standard InChI is InChI=1S/C19H26ClN5O/c1-4-21-19(22-10-9-15-5-7-17(20)23-11-15)25-13-16-6-8-18(24-12-16)26-14(2)3/h5-8,11-12,14H,4,9-10,13H2,1-3H3,(H2,21,22,25). The average Bonchev–Trinajstić information content (AvgIpc) is 2.62. The molecule has 0 aliphatic carbocycles. The monoisotopic (exact) mass is 375 g/mol. The second kappa shape index (κ2) is 10.6. The number of aliphatic imine (C=N–C) groups is 1. The lowest BCUT2D eigenvalue weighted by atomic mass is 10.2. The minimum atomic E-state index is 0.117. The zero-order chi connectivity index (χ0) is 18.8. The van der Waals surface area contributed by atoms with Crippen LogP contribution in [-0.4, -0.2) is 35.1 Å². The highest BCUT2D eigenvalue weighted by molar-refractivity contribution is 6.29. The number of aromatic nitrogens is 2. The molecule has 0 spiro atoms. The molecule has 0 amide bonds. The molecule has 140 valence electrons. The topological polar surface area (TPSA) is 71.4 Å². The van der Waals surface area contributed by atoms with Crippen LogP contribution >= 0.6 is 11.6 Å². The fraction of sp³-hybridized carbons (Fsp3) is 0.421. The summed E-state index contributed by atoms with van der Waals surface area (Å²) in [5.74, 6) is 1.41. The number of halogens is 1. The van der Waals surface area contributed by atoms with Crippen molar-refractivity contribution in [2.45, 2.75) is 39.8 Å². The largest absolute Gasteiger partial charge is 0.475 e. The molecule has 2 aromatic heterocycles. The Balaban J connectivity index is 1.86. The number of nitrogens with one attached hydrogen (secondary N) is 2. The molecule has 2 rings (SSSR count). The van der Waals surface area contributed by atoms with Gasteiger partial charge in [-0.3, -0.25) is 0 Å². The van der Waals surface area contributed by atoms with Crippen molar-refractivity contribution in [3.63, 3.8) is 0 Å². The lowest BCUT2D eigenvalue weighted by Gasteiger charge is -2.11. The molecule has 0 saturated heterocycles. The highest BCUT2D eigenvalue weighted by atomic mass is 35.5. The zero-order valence-electron chi connectivity index (χ0n) is 15.5. The molecule has 2 heterocycles. The van der Waals surface area contributed by atoms with Gasteiger partial charge in [0, 0.05) is 31.5 Å². The Morgan fingerprint density at radius 1 is 1.12 bits per heavy atom. The summed E-state index contributed by atoms with van der Waals surface area (Å²) in [5.41, 5.74) is 2.16. The van der Waals surface area contributed by atoms with E-state index < -0.39 is 0 Å². The van der Waals surface area contributed by atoms with Crippen LogP contribution in [0.25, 0.3) is 0 Å². The molecule has 0 aliphatic rings. The first-order valence-corrected chi connectivity index (χ1v) is 9.18. The van der Waals surface area contributed by atoms with Crippen molar-refractivity contribution in [3.05, 3.63) is 52.9 Å². The number of hydrogen-bond acceptors (Lipinski definition) is 4. The first kappa shape index (κ1) is 20.0. The van der Waals surface area contributed by atoms with Gasteiger partial charge >= 0.3 is 0 Å². The summed E-state index contributed by atoms with van der Waals surface area (Å²) in [5, 5.41) is 7.08. The SMILES string of the molecule is CCNC(=NCc1ccc(OC(C)C)nc1)NCCc1ccc(Cl)nc1. The maximum atomic E-state index is 5.80. The van der Waals surface area contributed by atoms with E-state index >= 15 is 0 Å². The second-order valence-corrected chi connectivity index (χ2v) is 6.42. The summed E-state index contributed by atoms with van der Waals surface area (Å²) in [4.78, 5) is 13.0. The van der Waals surface area contributed by atoms with Crippen molar-refractivity contribution >= 4 is 17.6 Å². The van der Waals surface area contributed by atoms with Crippen molar-refractivity contribution in [2.75, 3.05) is 13.1 Å². The van der Waals surface area contributed by atoms with Gasteiger partial charge in [0.25, 0.3) is 0 Å². The van der Waals surface area contributed by atoms with Gasteiger partial charge in [-0.25, -0.2) is 15.0 Å². The summed E-state index contributed by atoms with van der Waals surface area (Å²) in [6.07, 6.45) is 4.55. The van der Waals surface area contributed by atoms with E-state index in [0.717, 1.165) is 36.6 Å². The third kappa shape index (κ3) is 7.27. The van der Waals surface area contributed by atoms with Gasteiger partial charge in [0.15, 0.2) is 5.96 Å². The van der Waals surface area contributed by atoms with Crippen molar-refractivity contribution in [1.29, 1.82) is 0 Å². The molecule has 0 unspecified atom stereocenters. The van der Waals surface area contributed by atoms with Gasteiger partial charge in [-0.15, -0.1) is 0 Å². The van der Waals surface area contributed by atoms with E-state index in [4.69, 9.17) is 16.3 Å². The molecule has 6 nitrogen and oxygen atoms in total. The predicted molar refractivity (Wildman–Crippen MR) is 106 cm³/mol. The average molecular weight is 376 g/mol. The number of pyridine rings is 2. The highest BCUT2D eigenvalue weighted by Crippen LogP contribution is 2.10. The highest BCUT2D eigenvalue weighted by Gasteiger charge is 2.01. The summed E-state index contributed by atoms with van der Waals surface area (Å²) >= 11 is 5.80. The van der Waals surface area contributed by atoms with Crippen LogP contribution in [0.1, 0.15) is 31.9 Å². The van der Waals surface area contributed by atoms with Crippen LogP contribution in [0.3, 0.4) is 0 Å². The summed E-state index contributed by atoms with van der Waals surface area (Å²) in [6.45, 7) is 8.11. The van der Waals surface area contributed by atoms with Crippen LogP contribution in [0.5, 0.6) is 5.88 Å². The van der Waals surface area contributed by atoms with Gasteiger partial charge in [0.05, 0.1) is 12.6 Å². The minimum absolute atomic E-state index is 0.117. The Morgan fingerprint density at radius 2 is 1.88 bits per heavy atom. The maximum Gasteiger partial charge on any atom is 0.213 e. The summed E-state index contributed by atoms with van der Waals surface area (Å²) in [6, 6.07) is 7.64. The van der Waals surface area contributed by atoms with Crippen molar-refractivity contribution in [2.24, 2.45) is 4.99 Å². The van der Waals surface area contributed by atoms with Crippen molar-refractivity contribution in [3.8, 4) is 5.88 Å². The molecular formula is C19H26ClN5O. The van der Waals surface area contributed by atoms with Gasteiger partial charge in [0.1, 0.15) is 5.15 Å². The first-order valence-electron chi connectivity index (χ1n) is 8.81. The smallest absolute Gasteiger partial charge is 0.213 e. The molecule has 0 bridgehead atoms. The third-order valence-corrected chi connectivity index (χ3v) is 3.64. The second-order valence-electron chi connectivity index (χ2n) is 6.03. The molecular weight excluding hydrogens is 350 g/mol. The van der Waals surface area contributed by atoms with Crippen molar-refractivity contribution in [1.82, 2.24) is 20.6 Å². The Labute approximate surface area is 160 Å². The molecule has 0 saturated carbocycles. The number of ether oxygens (including phenoxy) is 1. The lowest BCUT2D eigenvalue weighted by molar-refractivity contribution is 0.232. The molecule has 2 aromatic rings. The zero-order valence-corrected chi connectivity index (χ0v) is 16.3. The normalized spacial score (nSPS) is 11.5. The van der Waals surface area contributed by atoms with E-state index in [2.05, 4.69) is 25.6 Å². The third-order valence-electron chi connectivity index (χ3n) is 3.41. The Bertz CT molecular complexity index is 686. The van der Waals surface area contributed by atoms with Crippen LogP contribution in [0, 0.1) is 0 Å². The van der Waals surface area contributed by atoms with E-state index in [-0.39, 0.29) is 6.10 Å². The number of nitrogens with zero attached hydrogens (tertiary/aromatic N) is 3. The van der Waals surface area contributed by atoms with E-state index in [9.17, 15) is 0 Å². The quantitative estimate of drug-likeness (QED) is 0.421. The molecule has 2 N–H and O–H groups in total. The predicted octanol–water partition coefficient (Wildman–Crippen LogP) is 3.22. The number of guanidine groups is 1. The van der Waals surface area contributed by atoms with Gasteiger partial charge < -0.3 is 15.4 Å². The van der Waals surface area contributed by atoms with Crippen LogP contribution in [0.4, 0.5) is 0 Å². The molecule has 0 aromatic carbocycles.